The Hall–Kier alpha value is -1.66. The Morgan fingerprint density at radius 3 is 2.64 bits per heavy atom. The number of hydrogen-bond donors (Lipinski definition) is 1. The number of piperazine rings is 1. The summed E-state index contributed by atoms with van der Waals surface area (Å²) in [6, 6.07) is 5.52. The van der Waals surface area contributed by atoms with Crippen molar-refractivity contribution in [1.82, 2.24) is 10.2 Å². The fourth-order valence-corrected chi connectivity index (χ4v) is 2.60. The standard InChI is InChI=1S/C15H22ClN3O3/c1-21-10-5-17-15(20)19-8-6-18(7-9-19)13-11-12(16)3-4-14(13)22-2/h3-4,11H,5-10H2,1-2H3,(H,17,20). The van der Waals surface area contributed by atoms with E-state index in [1.165, 1.54) is 0 Å². The molecule has 2 amide bonds. The number of benzene rings is 1. The van der Waals surface area contributed by atoms with E-state index in [0.29, 0.717) is 31.3 Å². The average Bonchev–Trinajstić information content (AvgIpc) is 2.55. The van der Waals surface area contributed by atoms with Crippen LogP contribution in [-0.4, -0.2) is 64.5 Å². The van der Waals surface area contributed by atoms with Crippen molar-refractivity contribution in [2.45, 2.75) is 0 Å². The van der Waals surface area contributed by atoms with Gasteiger partial charge in [-0.05, 0) is 18.2 Å². The smallest absolute Gasteiger partial charge is 0.317 e. The first-order valence-electron chi connectivity index (χ1n) is 7.26. The number of halogens is 1. The molecule has 6 nitrogen and oxygen atoms in total. The molecule has 2 rings (SSSR count). The molecule has 0 saturated carbocycles. The van der Waals surface area contributed by atoms with Gasteiger partial charge in [0.15, 0.2) is 0 Å². The monoisotopic (exact) mass is 327 g/mol. The highest BCUT2D eigenvalue weighted by molar-refractivity contribution is 6.30. The van der Waals surface area contributed by atoms with Gasteiger partial charge in [-0.1, -0.05) is 11.6 Å². The fourth-order valence-electron chi connectivity index (χ4n) is 2.43. The minimum absolute atomic E-state index is 0.0465. The summed E-state index contributed by atoms with van der Waals surface area (Å²) in [5.74, 6) is 0.794. The first-order valence-corrected chi connectivity index (χ1v) is 7.63. The molecular formula is C15H22ClN3O3. The molecule has 1 aromatic carbocycles. The van der Waals surface area contributed by atoms with Crippen LogP contribution in [0.2, 0.25) is 5.02 Å². The van der Waals surface area contributed by atoms with Crippen LogP contribution in [0.5, 0.6) is 5.75 Å². The van der Waals surface area contributed by atoms with Gasteiger partial charge < -0.3 is 24.6 Å². The molecule has 0 radical (unpaired) electrons. The summed E-state index contributed by atoms with van der Waals surface area (Å²) in [6.07, 6.45) is 0. The van der Waals surface area contributed by atoms with Gasteiger partial charge in [-0.15, -0.1) is 0 Å². The van der Waals surface area contributed by atoms with Crippen molar-refractivity contribution in [3.63, 3.8) is 0 Å². The second-order valence-corrected chi connectivity index (χ2v) is 5.45. The third-order valence-electron chi connectivity index (χ3n) is 3.63. The number of hydrogen-bond acceptors (Lipinski definition) is 4. The number of urea groups is 1. The molecule has 122 valence electrons. The number of ether oxygens (including phenoxy) is 2. The highest BCUT2D eigenvalue weighted by Crippen LogP contribution is 2.31. The van der Waals surface area contributed by atoms with Crippen molar-refractivity contribution in [2.24, 2.45) is 0 Å². The number of rotatable bonds is 5. The van der Waals surface area contributed by atoms with Gasteiger partial charge in [0, 0.05) is 44.9 Å². The van der Waals surface area contributed by atoms with Crippen molar-refractivity contribution < 1.29 is 14.3 Å². The van der Waals surface area contributed by atoms with Crippen LogP contribution in [0.15, 0.2) is 18.2 Å². The maximum Gasteiger partial charge on any atom is 0.317 e. The zero-order valence-corrected chi connectivity index (χ0v) is 13.7. The lowest BCUT2D eigenvalue weighted by Gasteiger charge is -2.36. The molecule has 7 heteroatoms. The number of methoxy groups -OCH3 is 2. The number of nitrogens with one attached hydrogen (secondary N) is 1. The van der Waals surface area contributed by atoms with Crippen LogP contribution in [0, 0.1) is 0 Å². The summed E-state index contributed by atoms with van der Waals surface area (Å²) in [5.41, 5.74) is 0.967. The number of nitrogens with zero attached hydrogens (tertiary/aromatic N) is 2. The van der Waals surface area contributed by atoms with E-state index < -0.39 is 0 Å². The number of carbonyl (C=O) groups excluding carboxylic acids is 1. The van der Waals surface area contributed by atoms with Crippen LogP contribution < -0.4 is 15.0 Å². The molecule has 1 aliphatic heterocycles. The third-order valence-corrected chi connectivity index (χ3v) is 3.87. The molecule has 1 saturated heterocycles. The second kappa shape index (κ2) is 8.10. The Morgan fingerprint density at radius 1 is 1.27 bits per heavy atom. The molecule has 0 atom stereocenters. The molecule has 1 N–H and O–H groups in total. The van der Waals surface area contributed by atoms with E-state index in [4.69, 9.17) is 21.1 Å². The van der Waals surface area contributed by atoms with Gasteiger partial charge >= 0.3 is 6.03 Å². The minimum Gasteiger partial charge on any atom is -0.495 e. The summed E-state index contributed by atoms with van der Waals surface area (Å²) in [7, 11) is 3.26. The van der Waals surface area contributed by atoms with Gasteiger partial charge in [0.25, 0.3) is 0 Å². The largest absolute Gasteiger partial charge is 0.495 e. The van der Waals surface area contributed by atoms with Crippen LogP contribution in [0.4, 0.5) is 10.5 Å². The lowest BCUT2D eigenvalue weighted by atomic mass is 10.2. The molecule has 0 spiro atoms. The Balaban J connectivity index is 1.92. The Bertz CT molecular complexity index is 505. The van der Waals surface area contributed by atoms with E-state index in [0.717, 1.165) is 24.5 Å². The molecule has 1 aliphatic rings. The highest BCUT2D eigenvalue weighted by atomic mass is 35.5. The molecule has 22 heavy (non-hydrogen) atoms. The maximum atomic E-state index is 12.0. The van der Waals surface area contributed by atoms with E-state index in [-0.39, 0.29) is 6.03 Å². The van der Waals surface area contributed by atoms with E-state index >= 15 is 0 Å². The molecule has 1 heterocycles. The van der Waals surface area contributed by atoms with Gasteiger partial charge in [0.1, 0.15) is 5.75 Å². The second-order valence-electron chi connectivity index (χ2n) is 5.01. The van der Waals surface area contributed by atoms with Crippen LogP contribution in [0.3, 0.4) is 0 Å². The summed E-state index contributed by atoms with van der Waals surface area (Å²) < 4.78 is 10.3. The van der Waals surface area contributed by atoms with Gasteiger partial charge in [-0.25, -0.2) is 4.79 Å². The van der Waals surface area contributed by atoms with Gasteiger partial charge in [-0.3, -0.25) is 0 Å². The van der Waals surface area contributed by atoms with Crippen molar-refractivity contribution in [2.75, 3.05) is 58.5 Å². The van der Waals surface area contributed by atoms with Gasteiger partial charge in [0.05, 0.1) is 19.4 Å². The summed E-state index contributed by atoms with van der Waals surface area (Å²) in [4.78, 5) is 16.0. The zero-order chi connectivity index (χ0) is 15.9. The molecule has 0 aliphatic carbocycles. The quantitative estimate of drug-likeness (QED) is 0.838. The third kappa shape index (κ3) is 4.18. The van der Waals surface area contributed by atoms with E-state index in [1.54, 1.807) is 14.2 Å². The number of anilines is 1. The van der Waals surface area contributed by atoms with Crippen LogP contribution >= 0.6 is 11.6 Å². The summed E-state index contributed by atoms with van der Waals surface area (Å²) in [5, 5.41) is 3.51. The first kappa shape index (κ1) is 16.7. The predicted molar refractivity (Wildman–Crippen MR) is 87.1 cm³/mol. The molecule has 1 fully saturated rings. The Morgan fingerprint density at radius 2 is 2.00 bits per heavy atom. The fraction of sp³-hybridized carbons (Fsp3) is 0.533. The van der Waals surface area contributed by atoms with Gasteiger partial charge in [-0.2, -0.15) is 0 Å². The van der Waals surface area contributed by atoms with Crippen molar-refractivity contribution in [3.8, 4) is 5.75 Å². The van der Waals surface area contributed by atoms with Crippen molar-refractivity contribution in [1.29, 1.82) is 0 Å². The van der Waals surface area contributed by atoms with E-state index in [9.17, 15) is 4.79 Å². The van der Waals surface area contributed by atoms with Crippen LogP contribution in [0.1, 0.15) is 0 Å². The molecule has 0 bridgehead atoms. The average molecular weight is 328 g/mol. The predicted octanol–water partition coefficient (Wildman–Crippen LogP) is 1.83. The lowest BCUT2D eigenvalue weighted by Crippen LogP contribution is -2.52. The molecule has 1 aromatic rings. The van der Waals surface area contributed by atoms with Crippen LogP contribution in [-0.2, 0) is 4.74 Å². The van der Waals surface area contributed by atoms with Crippen molar-refractivity contribution in [3.05, 3.63) is 23.2 Å². The number of amides is 2. The molecular weight excluding hydrogens is 306 g/mol. The summed E-state index contributed by atoms with van der Waals surface area (Å²) in [6.45, 7) is 3.86. The van der Waals surface area contributed by atoms with E-state index in [2.05, 4.69) is 10.2 Å². The lowest BCUT2D eigenvalue weighted by molar-refractivity contribution is 0.177. The van der Waals surface area contributed by atoms with E-state index in [1.807, 2.05) is 23.1 Å². The van der Waals surface area contributed by atoms with Crippen LogP contribution in [0.25, 0.3) is 0 Å². The minimum atomic E-state index is -0.0465. The normalized spacial score (nSPS) is 14.9. The van der Waals surface area contributed by atoms with Gasteiger partial charge in [0.2, 0.25) is 0 Å². The topological polar surface area (TPSA) is 54.0 Å². The number of carbonyl (C=O) groups is 1. The highest BCUT2D eigenvalue weighted by Gasteiger charge is 2.22. The molecule has 0 aromatic heterocycles. The molecule has 0 unspecified atom stereocenters. The van der Waals surface area contributed by atoms with Crippen molar-refractivity contribution >= 4 is 23.3 Å². The SMILES string of the molecule is COCCNC(=O)N1CCN(c2cc(Cl)ccc2OC)CC1. The Labute approximate surface area is 135 Å². The summed E-state index contributed by atoms with van der Waals surface area (Å²) >= 11 is 6.07. The Kier molecular flexibility index (Phi) is 6.15. The first-order chi connectivity index (χ1) is 10.7. The zero-order valence-electron chi connectivity index (χ0n) is 13.0. The maximum absolute atomic E-state index is 12.0.